The summed E-state index contributed by atoms with van der Waals surface area (Å²) < 4.78 is 0. The average molecular weight is 349 g/mol. The van der Waals surface area contributed by atoms with Gasteiger partial charge in [0.25, 0.3) is 0 Å². The van der Waals surface area contributed by atoms with Crippen LogP contribution in [0, 0.1) is 0 Å². The smallest absolute Gasteiger partial charge is 0.317 e. The molecule has 1 N–H and O–H groups in total. The van der Waals surface area contributed by atoms with Crippen LogP contribution in [0.15, 0.2) is 18.3 Å². The van der Waals surface area contributed by atoms with Crippen molar-refractivity contribution in [3.63, 3.8) is 0 Å². The highest BCUT2D eigenvalue weighted by molar-refractivity contribution is 7.99. The van der Waals surface area contributed by atoms with Crippen LogP contribution in [-0.4, -0.2) is 53.6 Å². The monoisotopic (exact) mass is 348 g/mol. The molecule has 0 aliphatic carbocycles. The Morgan fingerprint density at radius 3 is 2.62 bits per heavy atom. The predicted molar refractivity (Wildman–Crippen MR) is 101 cm³/mol. The highest BCUT2D eigenvalue weighted by atomic mass is 32.2. The van der Waals surface area contributed by atoms with Gasteiger partial charge in [0.1, 0.15) is 5.82 Å². The zero-order chi connectivity index (χ0) is 16.6. The van der Waals surface area contributed by atoms with E-state index in [2.05, 4.69) is 27.3 Å². The number of urea groups is 1. The van der Waals surface area contributed by atoms with Gasteiger partial charge >= 0.3 is 6.03 Å². The number of carbonyl (C=O) groups is 1. The van der Waals surface area contributed by atoms with E-state index in [1.165, 1.54) is 25.7 Å². The fraction of sp³-hybridized carbons (Fsp3) is 0.667. The number of carbonyl (C=O) groups excluding carboxylic acids is 1. The zero-order valence-electron chi connectivity index (χ0n) is 14.4. The molecular formula is C18H28N4OS. The Labute approximate surface area is 149 Å². The number of aromatic nitrogens is 1. The van der Waals surface area contributed by atoms with Crippen LogP contribution in [0.3, 0.4) is 0 Å². The molecular weight excluding hydrogens is 320 g/mol. The Bertz CT molecular complexity index is 506. The first kappa shape index (κ1) is 17.4. The fourth-order valence-electron chi connectivity index (χ4n) is 3.25. The van der Waals surface area contributed by atoms with Crippen molar-refractivity contribution in [2.75, 3.05) is 42.6 Å². The van der Waals surface area contributed by atoms with Crippen molar-refractivity contribution in [1.29, 1.82) is 0 Å². The molecule has 3 rings (SSSR count). The van der Waals surface area contributed by atoms with Crippen LogP contribution < -0.4 is 10.2 Å². The Morgan fingerprint density at radius 2 is 1.88 bits per heavy atom. The number of nitrogens with one attached hydrogen (secondary N) is 1. The summed E-state index contributed by atoms with van der Waals surface area (Å²) in [5.41, 5.74) is 1.06. The molecule has 1 aromatic rings. The summed E-state index contributed by atoms with van der Waals surface area (Å²) in [5.74, 6) is 3.27. The molecule has 6 heteroatoms. The lowest BCUT2D eigenvalue weighted by Crippen LogP contribution is -2.40. The normalized spacial score (nSPS) is 19.5. The number of rotatable bonds is 3. The summed E-state index contributed by atoms with van der Waals surface area (Å²) in [5, 5.41) is 3.03. The molecule has 3 heterocycles. The number of hydrogen-bond donors (Lipinski definition) is 1. The van der Waals surface area contributed by atoms with Crippen LogP contribution in [0.1, 0.15) is 37.7 Å². The summed E-state index contributed by atoms with van der Waals surface area (Å²) in [6, 6.07) is 4.23. The summed E-state index contributed by atoms with van der Waals surface area (Å²) in [4.78, 5) is 21.2. The maximum absolute atomic E-state index is 12.3. The van der Waals surface area contributed by atoms with Crippen molar-refractivity contribution < 1.29 is 4.79 Å². The lowest BCUT2D eigenvalue weighted by molar-refractivity contribution is 0.201. The molecule has 1 aromatic heterocycles. The topological polar surface area (TPSA) is 48.5 Å². The average Bonchev–Trinajstić information content (AvgIpc) is 3.05. The van der Waals surface area contributed by atoms with E-state index < -0.39 is 0 Å². The fourth-order valence-corrected chi connectivity index (χ4v) is 4.13. The third kappa shape index (κ3) is 5.03. The molecule has 0 unspecified atom stereocenters. The molecule has 2 amide bonds. The Balaban J connectivity index is 1.49. The van der Waals surface area contributed by atoms with E-state index >= 15 is 0 Å². The summed E-state index contributed by atoms with van der Waals surface area (Å²) in [6.45, 7) is 4.48. The standard InChI is InChI=1S/C18H28N4OS/c23-18(22-10-5-12-24-13-11-22)20-15-16-6-7-17(19-14-16)21-8-3-1-2-4-9-21/h6-7,14H,1-5,8-13,15H2,(H,20,23). The minimum absolute atomic E-state index is 0.0501. The molecule has 0 atom stereocenters. The molecule has 2 saturated heterocycles. The lowest BCUT2D eigenvalue weighted by Gasteiger charge is -2.22. The van der Waals surface area contributed by atoms with E-state index in [1.54, 1.807) is 0 Å². The number of pyridine rings is 1. The van der Waals surface area contributed by atoms with Gasteiger partial charge in [-0.15, -0.1) is 0 Å². The first-order chi connectivity index (χ1) is 11.8. The number of amides is 2. The first-order valence-electron chi connectivity index (χ1n) is 9.13. The minimum atomic E-state index is 0.0501. The number of hydrogen-bond acceptors (Lipinski definition) is 4. The number of anilines is 1. The van der Waals surface area contributed by atoms with Gasteiger partial charge in [-0.25, -0.2) is 9.78 Å². The molecule has 0 radical (unpaired) electrons. The Morgan fingerprint density at radius 1 is 1.04 bits per heavy atom. The van der Waals surface area contributed by atoms with Gasteiger partial charge in [0.15, 0.2) is 0 Å². The summed E-state index contributed by atoms with van der Waals surface area (Å²) in [6.07, 6.45) is 8.16. The molecule has 2 fully saturated rings. The highest BCUT2D eigenvalue weighted by Crippen LogP contribution is 2.17. The van der Waals surface area contributed by atoms with E-state index in [4.69, 9.17) is 0 Å². The van der Waals surface area contributed by atoms with E-state index in [0.717, 1.165) is 55.5 Å². The molecule has 0 aromatic carbocycles. The Hall–Kier alpha value is -1.43. The molecule has 24 heavy (non-hydrogen) atoms. The van der Waals surface area contributed by atoms with E-state index in [-0.39, 0.29) is 6.03 Å². The molecule has 5 nitrogen and oxygen atoms in total. The van der Waals surface area contributed by atoms with E-state index in [9.17, 15) is 4.79 Å². The van der Waals surface area contributed by atoms with Gasteiger partial charge in [-0.1, -0.05) is 18.9 Å². The summed E-state index contributed by atoms with van der Waals surface area (Å²) in [7, 11) is 0. The summed E-state index contributed by atoms with van der Waals surface area (Å²) >= 11 is 1.93. The van der Waals surface area contributed by atoms with Gasteiger partial charge < -0.3 is 15.1 Å². The van der Waals surface area contributed by atoms with Crippen LogP contribution in [-0.2, 0) is 6.54 Å². The molecule has 2 aliphatic rings. The van der Waals surface area contributed by atoms with Gasteiger partial charge in [-0.05, 0) is 36.6 Å². The first-order valence-corrected chi connectivity index (χ1v) is 10.3. The van der Waals surface area contributed by atoms with Gasteiger partial charge in [0, 0.05) is 44.7 Å². The van der Waals surface area contributed by atoms with E-state index in [0.29, 0.717) is 6.54 Å². The quantitative estimate of drug-likeness (QED) is 0.912. The molecule has 0 spiro atoms. The third-order valence-corrected chi connectivity index (χ3v) is 5.74. The predicted octanol–water partition coefficient (Wildman–Crippen LogP) is 3.11. The lowest BCUT2D eigenvalue weighted by atomic mass is 10.2. The zero-order valence-corrected chi connectivity index (χ0v) is 15.2. The SMILES string of the molecule is O=C(NCc1ccc(N2CCCCCC2)nc1)N1CCCSCC1. The van der Waals surface area contributed by atoms with Crippen molar-refractivity contribution >= 4 is 23.6 Å². The van der Waals surface area contributed by atoms with Crippen molar-refractivity contribution in [3.8, 4) is 0 Å². The van der Waals surface area contributed by atoms with Gasteiger partial charge in [-0.2, -0.15) is 11.8 Å². The van der Waals surface area contributed by atoms with Crippen molar-refractivity contribution in [2.45, 2.75) is 38.6 Å². The molecule has 0 saturated carbocycles. The van der Waals surface area contributed by atoms with Crippen LogP contribution in [0.4, 0.5) is 10.6 Å². The second-order valence-corrected chi connectivity index (χ2v) is 7.76. The third-order valence-electron chi connectivity index (χ3n) is 4.69. The van der Waals surface area contributed by atoms with Gasteiger partial charge in [-0.3, -0.25) is 0 Å². The maximum atomic E-state index is 12.3. The second-order valence-electron chi connectivity index (χ2n) is 6.54. The van der Waals surface area contributed by atoms with E-state index in [1.807, 2.05) is 22.9 Å². The Kier molecular flexibility index (Phi) is 6.64. The van der Waals surface area contributed by atoms with Crippen molar-refractivity contribution in [3.05, 3.63) is 23.9 Å². The van der Waals surface area contributed by atoms with Gasteiger partial charge in [0.2, 0.25) is 0 Å². The number of nitrogens with zero attached hydrogens (tertiary/aromatic N) is 3. The molecule has 0 bridgehead atoms. The molecule has 2 aliphatic heterocycles. The van der Waals surface area contributed by atoms with Crippen molar-refractivity contribution in [2.24, 2.45) is 0 Å². The van der Waals surface area contributed by atoms with Crippen LogP contribution in [0.25, 0.3) is 0 Å². The minimum Gasteiger partial charge on any atom is -0.357 e. The van der Waals surface area contributed by atoms with Crippen LogP contribution in [0.5, 0.6) is 0 Å². The maximum Gasteiger partial charge on any atom is 0.317 e. The number of thioether (sulfide) groups is 1. The molecule has 132 valence electrons. The largest absolute Gasteiger partial charge is 0.357 e. The van der Waals surface area contributed by atoms with Crippen LogP contribution >= 0.6 is 11.8 Å². The van der Waals surface area contributed by atoms with Crippen molar-refractivity contribution in [1.82, 2.24) is 15.2 Å². The second kappa shape index (κ2) is 9.16. The van der Waals surface area contributed by atoms with Crippen LogP contribution in [0.2, 0.25) is 0 Å². The highest BCUT2D eigenvalue weighted by Gasteiger charge is 2.15. The van der Waals surface area contributed by atoms with Gasteiger partial charge in [0.05, 0.1) is 0 Å².